The van der Waals surface area contributed by atoms with Crippen molar-refractivity contribution in [2.45, 2.75) is 45.4 Å². The molecule has 0 aliphatic heterocycles. The Morgan fingerprint density at radius 1 is 0.974 bits per heavy atom. The number of rotatable bonds is 11. The molecule has 0 fully saturated rings. The molecular formula is C28H31N3O5S3. The molecule has 0 aliphatic carbocycles. The fourth-order valence-electron chi connectivity index (χ4n) is 4.18. The summed E-state index contributed by atoms with van der Waals surface area (Å²) in [7, 11) is -3.65. The molecule has 0 saturated heterocycles. The van der Waals surface area contributed by atoms with Crippen molar-refractivity contribution < 1.29 is 22.7 Å². The Morgan fingerprint density at radius 2 is 1.64 bits per heavy atom. The number of ether oxygens (including phenoxy) is 1. The number of sulfonamides is 1. The molecule has 0 radical (unpaired) electrons. The van der Waals surface area contributed by atoms with Gasteiger partial charge in [0.1, 0.15) is 14.9 Å². The van der Waals surface area contributed by atoms with Crippen LogP contribution in [-0.4, -0.2) is 49.3 Å². The SMILES string of the molecule is CCCN(CCC)S(=O)(=O)c1ccc(C(=O)Nc2sc(C(=O)OCC)c(C)c2-c2nc3ccccc3s2)cc1. The van der Waals surface area contributed by atoms with E-state index >= 15 is 0 Å². The van der Waals surface area contributed by atoms with Crippen molar-refractivity contribution in [1.82, 2.24) is 9.29 Å². The first-order valence-corrected chi connectivity index (χ1v) is 15.9. The summed E-state index contributed by atoms with van der Waals surface area (Å²) < 4.78 is 33.9. The van der Waals surface area contributed by atoms with Crippen molar-refractivity contribution in [2.75, 3.05) is 25.0 Å². The van der Waals surface area contributed by atoms with Gasteiger partial charge in [0.05, 0.1) is 21.7 Å². The average Bonchev–Trinajstić information content (AvgIpc) is 3.49. The van der Waals surface area contributed by atoms with E-state index in [9.17, 15) is 18.0 Å². The lowest BCUT2D eigenvalue weighted by atomic mass is 10.1. The number of benzene rings is 2. The molecule has 0 bridgehead atoms. The summed E-state index contributed by atoms with van der Waals surface area (Å²) in [5.74, 6) is -0.877. The first-order valence-electron chi connectivity index (χ1n) is 12.8. The molecule has 1 N–H and O–H groups in total. The van der Waals surface area contributed by atoms with Crippen molar-refractivity contribution in [3.63, 3.8) is 0 Å². The molecule has 11 heteroatoms. The van der Waals surface area contributed by atoms with Gasteiger partial charge in [0.25, 0.3) is 5.91 Å². The van der Waals surface area contributed by atoms with E-state index in [0.29, 0.717) is 57.5 Å². The summed E-state index contributed by atoms with van der Waals surface area (Å²) in [4.78, 5) is 31.2. The number of aromatic nitrogens is 1. The number of para-hydroxylation sites is 1. The van der Waals surface area contributed by atoms with E-state index in [-0.39, 0.29) is 11.5 Å². The lowest BCUT2D eigenvalue weighted by Crippen LogP contribution is -2.32. The Hall–Kier alpha value is -3.12. The van der Waals surface area contributed by atoms with Gasteiger partial charge >= 0.3 is 5.97 Å². The third-order valence-electron chi connectivity index (χ3n) is 6.04. The minimum atomic E-state index is -3.65. The van der Waals surface area contributed by atoms with Crippen molar-refractivity contribution in [2.24, 2.45) is 0 Å². The van der Waals surface area contributed by atoms with Crippen LogP contribution in [0.15, 0.2) is 53.4 Å². The third-order valence-corrected chi connectivity index (χ3v) is 10.2. The number of thiophene rings is 1. The van der Waals surface area contributed by atoms with E-state index in [1.807, 2.05) is 45.0 Å². The van der Waals surface area contributed by atoms with Crippen molar-refractivity contribution in [3.05, 3.63) is 64.5 Å². The molecule has 4 rings (SSSR count). The number of nitrogens with one attached hydrogen (secondary N) is 1. The second kappa shape index (κ2) is 12.4. The summed E-state index contributed by atoms with van der Waals surface area (Å²) in [6.07, 6.45) is 1.43. The third kappa shape index (κ3) is 6.06. The highest BCUT2D eigenvalue weighted by Gasteiger charge is 2.26. The molecule has 0 unspecified atom stereocenters. The average molecular weight is 586 g/mol. The Kier molecular flexibility index (Phi) is 9.16. The second-order valence-corrected chi connectivity index (χ2v) is 12.8. The molecule has 4 aromatic rings. The van der Waals surface area contributed by atoms with E-state index in [2.05, 4.69) is 5.32 Å². The normalized spacial score (nSPS) is 11.7. The van der Waals surface area contributed by atoms with Crippen molar-refractivity contribution in [3.8, 4) is 10.6 Å². The minimum Gasteiger partial charge on any atom is -0.462 e. The van der Waals surface area contributed by atoms with Crippen LogP contribution in [0.25, 0.3) is 20.8 Å². The Bertz CT molecular complexity index is 1550. The number of anilines is 1. The zero-order valence-corrected chi connectivity index (χ0v) is 24.8. The van der Waals surface area contributed by atoms with E-state index in [1.54, 1.807) is 6.92 Å². The van der Waals surface area contributed by atoms with Gasteiger partial charge in [-0.3, -0.25) is 4.79 Å². The van der Waals surface area contributed by atoms with Crippen molar-refractivity contribution in [1.29, 1.82) is 0 Å². The largest absolute Gasteiger partial charge is 0.462 e. The molecule has 206 valence electrons. The number of esters is 1. The minimum absolute atomic E-state index is 0.146. The summed E-state index contributed by atoms with van der Waals surface area (Å²) in [5, 5.41) is 4.09. The van der Waals surface area contributed by atoms with Crippen molar-refractivity contribution >= 4 is 59.8 Å². The molecule has 0 atom stereocenters. The number of hydrogen-bond acceptors (Lipinski definition) is 8. The highest BCUT2D eigenvalue weighted by atomic mass is 32.2. The van der Waals surface area contributed by atoms with Crippen LogP contribution in [0.4, 0.5) is 5.00 Å². The molecule has 2 aromatic carbocycles. The van der Waals surface area contributed by atoms with E-state index in [1.165, 1.54) is 39.9 Å². The van der Waals surface area contributed by atoms with Gasteiger partial charge in [0.2, 0.25) is 10.0 Å². The van der Waals surface area contributed by atoms with Crippen LogP contribution in [0.2, 0.25) is 0 Å². The first-order chi connectivity index (χ1) is 18.7. The predicted octanol–water partition coefficient (Wildman–Crippen LogP) is 6.57. The quantitative estimate of drug-likeness (QED) is 0.200. The number of fused-ring (bicyclic) bond motifs is 1. The van der Waals surface area contributed by atoms with Gasteiger partial charge in [-0.15, -0.1) is 22.7 Å². The second-order valence-electron chi connectivity index (χ2n) is 8.85. The topological polar surface area (TPSA) is 106 Å². The molecular weight excluding hydrogens is 555 g/mol. The monoisotopic (exact) mass is 585 g/mol. The molecule has 0 saturated carbocycles. The van der Waals surface area contributed by atoms with Gasteiger partial charge in [-0.2, -0.15) is 4.31 Å². The van der Waals surface area contributed by atoms with Crippen LogP contribution >= 0.6 is 22.7 Å². The fraction of sp³-hybridized carbons (Fsp3) is 0.321. The van der Waals surface area contributed by atoms with Gasteiger partial charge in [0.15, 0.2) is 0 Å². The van der Waals surface area contributed by atoms with Gasteiger partial charge in [-0.05, 0) is 68.7 Å². The maximum absolute atomic E-state index is 13.3. The number of thiazole rings is 1. The molecule has 2 heterocycles. The molecule has 0 aliphatic rings. The van der Waals surface area contributed by atoms with E-state index in [4.69, 9.17) is 9.72 Å². The smallest absolute Gasteiger partial charge is 0.348 e. The highest BCUT2D eigenvalue weighted by Crippen LogP contribution is 2.43. The maximum Gasteiger partial charge on any atom is 0.348 e. The molecule has 2 aromatic heterocycles. The number of nitrogens with zero attached hydrogens (tertiary/aromatic N) is 2. The van der Waals surface area contributed by atoms with Crippen LogP contribution in [0.5, 0.6) is 0 Å². The molecule has 8 nitrogen and oxygen atoms in total. The standard InChI is InChI=1S/C28H31N3O5S3/c1-5-16-31(17-6-2)39(34,35)20-14-12-19(13-15-20)25(32)30-27-23(18(4)24(38-27)28(33)36-7-3)26-29-21-10-8-9-11-22(21)37-26/h8-15H,5-7,16-17H2,1-4H3,(H,30,32). The molecule has 1 amide bonds. The van der Waals surface area contributed by atoms with Gasteiger partial charge in [0, 0.05) is 24.2 Å². The fourth-order valence-corrected chi connectivity index (χ4v) is 8.04. The summed E-state index contributed by atoms with van der Waals surface area (Å²) >= 11 is 2.62. The summed E-state index contributed by atoms with van der Waals surface area (Å²) in [5.41, 5.74) is 2.48. The predicted molar refractivity (Wildman–Crippen MR) is 157 cm³/mol. The van der Waals surface area contributed by atoms with Gasteiger partial charge in [-0.1, -0.05) is 26.0 Å². The lowest BCUT2D eigenvalue weighted by molar-refractivity contribution is 0.0531. The number of carbonyl (C=O) groups excluding carboxylic acids is 2. The summed E-state index contributed by atoms with van der Waals surface area (Å²) in [6, 6.07) is 13.7. The summed E-state index contributed by atoms with van der Waals surface area (Å²) in [6.45, 7) is 8.55. The van der Waals surface area contributed by atoms with Gasteiger partial charge in [-0.25, -0.2) is 18.2 Å². The number of amides is 1. The van der Waals surface area contributed by atoms with E-state index < -0.39 is 21.9 Å². The number of hydrogen-bond donors (Lipinski definition) is 1. The molecule has 39 heavy (non-hydrogen) atoms. The number of carbonyl (C=O) groups is 2. The highest BCUT2D eigenvalue weighted by molar-refractivity contribution is 7.89. The lowest BCUT2D eigenvalue weighted by Gasteiger charge is -2.21. The first kappa shape index (κ1) is 28.9. The van der Waals surface area contributed by atoms with Gasteiger partial charge < -0.3 is 10.1 Å². The molecule has 0 spiro atoms. The van der Waals surface area contributed by atoms with Crippen LogP contribution in [0, 0.1) is 6.92 Å². The van der Waals surface area contributed by atoms with E-state index in [0.717, 1.165) is 21.6 Å². The van der Waals surface area contributed by atoms with Crippen LogP contribution in [0.1, 0.15) is 59.2 Å². The van der Waals surface area contributed by atoms with Crippen LogP contribution in [-0.2, 0) is 14.8 Å². The Labute approximate surface area is 236 Å². The zero-order chi connectivity index (χ0) is 28.2. The maximum atomic E-state index is 13.3. The zero-order valence-electron chi connectivity index (χ0n) is 22.3. The van der Waals surface area contributed by atoms with Crippen LogP contribution in [0.3, 0.4) is 0 Å². The Balaban J connectivity index is 1.67. The van der Waals surface area contributed by atoms with Crippen LogP contribution < -0.4 is 5.32 Å². The Morgan fingerprint density at radius 3 is 2.26 bits per heavy atom.